The van der Waals surface area contributed by atoms with E-state index in [1.54, 1.807) is 18.2 Å². The fourth-order valence-corrected chi connectivity index (χ4v) is 3.67. The second kappa shape index (κ2) is 8.99. The number of benzene rings is 2. The van der Waals surface area contributed by atoms with Crippen molar-refractivity contribution < 1.29 is 19.1 Å². The van der Waals surface area contributed by atoms with Gasteiger partial charge in [0.1, 0.15) is 17.5 Å². The van der Waals surface area contributed by atoms with Crippen molar-refractivity contribution >= 4 is 11.8 Å². The number of methoxy groups -OCH3 is 2. The molecule has 0 radical (unpaired) electrons. The summed E-state index contributed by atoms with van der Waals surface area (Å²) in [7, 11) is 3.06. The molecule has 0 heterocycles. The first-order valence-corrected chi connectivity index (χ1v) is 9.85. The van der Waals surface area contributed by atoms with Crippen LogP contribution >= 0.6 is 0 Å². The summed E-state index contributed by atoms with van der Waals surface area (Å²) in [4.78, 5) is 25.8. The summed E-state index contributed by atoms with van der Waals surface area (Å²) in [5.41, 5.74) is 2.81. The molecule has 2 aromatic rings. The van der Waals surface area contributed by atoms with E-state index in [4.69, 9.17) is 9.47 Å². The monoisotopic (exact) mass is 396 g/mol. The van der Waals surface area contributed by atoms with Gasteiger partial charge in [-0.1, -0.05) is 38.1 Å². The predicted molar refractivity (Wildman–Crippen MR) is 111 cm³/mol. The predicted octanol–water partition coefficient (Wildman–Crippen LogP) is 3.26. The first kappa shape index (κ1) is 20.7. The number of carbonyl (C=O) groups excluding carboxylic acids is 2. The lowest BCUT2D eigenvalue weighted by Gasteiger charge is -2.24. The lowest BCUT2D eigenvalue weighted by Crippen LogP contribution is -2.50. The summed E-state index contributed by atoms with van der Waals surface area (Å²) in [5.74, 6) is 0.445. The summed E-state index contributed by atoms with van der Waals surface area (Å²) in [6, 6.07) is 12.4. The third-order valence-electron chi connectivity index (χ3n) is 5.30. The minimum absolute atomic E-state index is 0.0197. The molecule has 0 aromatic heterocycles. The van der Waals surface area contributed by atoms with Gasteiger partial charge in [0, 0.05) is 11.6 Å². The van der Waals surface area contributed by atoms with Crippen molar-refractivity contribution in [2.45, 2.75) is 38.8 Å². The number of nitrogens with one attached hydrogen (secondary N) is 2. The van der Waals surface area contributed by atoms with Gasteiger partial charge >= 0.3 is 0 Å². The largest absolute Gasteiger partial charge is 0.497 e. The Morgan fingerprint density at radius 2 is 1.69 bits per heavy atom. The van der Waals surface area contributed by atoms with E-state index in [2.05, 4.69) is 22.8 Å². The minimum atomic E-state index is -0.646. The summed E-state index contributed by atoms with van der Waals surface area (Å²) >= 11 is 0. The van der Waals surface area contributed by atoms with Gasteiger partial charge in [0.15, 0.2) is 0 Å². The summed E-state index contributed by atoms with van der Waals surface area (Å²) < 4.78 is 10.5. The Labute approximate surface area is 171 Å². The van der Waals surface area contributed by atoms with Crippen LogP contribution in [0.25, 0.3) is 0 Å². The number of amides is 2. The van der Waals surface area contributed by atoms with Crippen molar-refractivity contribution in [2.24, 2.45) is 5.92 Å². The average molecular weight is 396 g/mol. The first-order chi connectivity index (χ1) is 13.9. The first-order valence-electron chi connectivity index (χ1n) is 9.85. The number of fused-ring (bicyclic) bond motifs is 1. The average Bonchev–Trinajstić information content (AvgIpc) is 3.13. The van der Waals surface area contributed by atoms with Gasteiger partial charge in [0.05, 0.1) is 20.3 Å². The molecule has 0 saturated carbocycles. The zero-order valence-corrected chi connectivity index (χ0v) is 17.3. The molecule has 2 amide bonds. The third kappa shape index (κ3) is 4.70. The molecule has 2 aromatic carbocycles. The molecular formula is C23H28N2O4. The van der Waals surface area contributed by atoms with Crippen LogP contribution in [0.2, 0.25) is 0 Å². The van der Waals surface area contributed by atoms with Crippen LogP contribution in [0.4, 0.5) is 0 Å². The van der Waals surface area contributed by atoms with E-state index < -0.39 is 6.04 Å². The molecule has 0 fully saturated rings. The molecule has 1 aliphatic carbocycles. The van der Waals surface area contributed by atoms with Crippen LogP contribution in [0.15, 0.2) is 42.5 Å². The molecule has 6 heteroatoms. The summed E-state index contributed by atoms with van der Waals surface area (Å²) in [6.07, 6.45) is 1.82. The van der Waals surface area contributed by atoms with E-state index in [9.17, 15) is 9.59 Å². The highest BCUT2D eigenvalue weighted by Gasteiger charge is 2.29. The van der Waals surface area contributed by atoms with E-state index in [1.807, 2.05) is 26.0 Å². The van der Waals surface area contributed by atoms with Crippen LogP contribution < -0.4 is 20.1 Å². The minimum Gasteiger partial charge on any atom is -0.497 e. The molecule has 154 valence electrons. The van der Waals surface area contributed by atoms with E-state index >= 15 is 0 Å². The van der Waals surface area contributed by atoms with Gasteiger partial charge in [-0.25, -0.2) is 0 Å². The number of hydrogen-bond donors (Lipinski definition) is 2. The topological polar surface area (TPSA) is 76.7 Å². The molecule has 2 N–H and O–H groups in total. The van der Waals surface area contributed by atoms with E-state index in [1.165, 1.54) is 19.8 Å². The molecule has 2 atom stereocenters. The fraction of sp³-hybridized carbons (Fsp3) is 0.391. The highest BCUT2D eigenvalue weighted by Crippen LogP contribution is 2.31. The smallest absolute Gasteiger partial charge is 0.252 e. The van der Waals surface area contributed by atoms with E-state index in [-0.39, 0.29) is 23.8 Å². The zero-order chi connectivity index (χ0) is 21.0. The molecule has 0 aliphatic heterocycles. The number of aryl methyl sites for hydroxylation is 1. The van der Waals surface area contributed by atoms with Crippen LogP contribution in [0, 0.1) is 5.92 Å². The van der Waals surface area contributed by atoms with Crippen LogP contribution in [-0.2, 0) is 11.2 Å². The Bertz CT molecular complexity index is 872. The Hall–Kier alpha value is -3.02. The number of ether oxygens (including phenoxy) is 2. The van der Waals surface area contributed by atoms with Crippen LogP contribution in [0.1, 0.15) is 47.8 Å². The molecule has 0 saturated heterocycles. The maximum absolute atomic E-state index is 13.0. The molecule has 3 rings (SSSR count). The van der Waals surface area contributed by atoms with Crippen LogP contribution in [-0.4, -0.2) is 32.1 Å². The second-order valence-corrected chi connectivity index (χ2v) is 7.60. The van der Waals surface area contributed by atoms with Gasteiger partial charge < -0.3 is 20.1 Å². The summed E-state index contributed by atoms with van der Waals surface area (Å²) in [5, 5.41) is 5.99. The Morgan fingerprint density at radius 1 is 1.03 bits per heavy atom. The van der Waals surface area contributed by atoms with Crippen molar-refractivity contribution in [1.82, 2.24) is 10.6 Å². The van der Waals surface area contributed by atoms with Crippen LogP contribution in [0.3, 0.4) is 0 Å². The van der Waals surface area contributed by atoms with Gasteiger partial charge in [-0.2, -0.15) is 0 Å². The molecule has 29 heavy (non-hydrogen) atoms. The SMILES string of the molecule is COc1cc(OC)cc(C(=O)N[C@@H](C(=O)N[C@@H]2CCc3ccccc32)C(C)C)c1. The molecule has 0 bridgehead atoms. The maximum atomic E-state index is 13.0. The number of carbonyl (C=O) groups is 2. The van der Waals surface area contributed by atoms with Gasteiger partial charge in [0.2, 0.25) is 5.91 Å². The number of rotatable bonds is 7. The van der Waals surface area contributed by atoms with Gasteiger partial charge in [-0.3, -0.25) is 9.59 Å². The van der Waals surface area contributed by atoms with Crippen molar-refractivity contribution in [1.29, 1.82) is 0 Å². The summed E-state index contributed by atoms with van der Waals surface area (Å²) in [6.45, 7) is 3.83. The lowest BCUT2D eigenvalue weighted by atomic mass is 10.0. The van der Waals surface area contributed by atoms with Crippen molar-refractivity contribution in [3.05, 3.63) is 59.2 Å². The Morgan fingerprint density at radius 3 is 2.31 bits per heavy atom. The van der Waals surface area contributed by atoms with Crippen molar-refractivity contribution in [2.75, 3.05) is 14.2 Å². The molecular weight excluding hydrogens is 368 g/mol. The quantitative estimate of drug-likeness (QED) is 0.753. The van der Waals surface area contributed by atoms with Crippen molar-refractivity contribution in [3.8, 4) is 11.5 Å². The molecule has 6 nitrogen and oxygen atoms in total. The normalized spacial score (nSPS) is 16.1. The third-order valence-corrected chi connectivity index (χ3v) is 5.30. The Balaban J connectivity index is 1.73. The zero-order valence-electron chi connectivity index (χ0n) is 17.3. The Kier molecular flexibility index (Phi) is 6.42. The number of hydrogen-bond acceptors (Lipinski definition) is 4. The van der Waals surface area contributed by atoms with E-state index in [0.717, 1.165) is 18.4 Å². The molecule has 0 spiro atoms. The lowest BCUT2D eigenvalue weighted by molar-refractivity contribution is -0.124. The fourth-order valence-electron chi connectivity index (χ4n) is 3.67. The highest BCUT2D eigenvalue weighted by molar-refractivity contribution is 5.98. The standard InChI is InChI=1S/C23H28N2O4/c1-14(2)21(23(27)24-20-10-9-15-7-5-6-8-19(15)20)25-22(26)16-11-17(28-3)13-18(12-16)29-4/h5-8,11-14,20-21H,9-10H2,1-4H3,(H,24,27)(H,25,26)/t20-,21-/m1/s1. The molecule has 1 aliphatic rings. The second-order valence-electron chi connectivity index (χ2n) is 7.60. The van der Waals surface area contributed by atoms with Crippen LogP contribution in [0.5, 0.6) is 11.5 Å². The maximum Gasteiger partial charge on any atom is 0.252 e. The van der Waals surface area contributed by atoms with Gasteiger partial charge in [-0.15, -0.1) is 0 Å². The molecule has 0 unspecified atom stereocenters. The van der Waals surface area contributed by atoms with E-state index in [0.29, 0.717) is 17.1 Å². The van der Waals surface area contributed by atoms with Gasteiger partial charge in [-0.05, 0) is 42.0 Å². The highest BCUT2D eigenvalue weighted by atomic mass is 16.5. The van der Waals surface area contributed by atoms with Crippen molar-refractivity contribution in [3.63, 3.8) is 0 Å². The van der Waals surface area contributed by atoms with Gasteiger partial charge in [0.25, 0.3) is 5.91 Å².